The molecular formula is C20H25NO2S. The molecule has 1 aliphatic carbocycles. The minimum absolute atomic E-state index is 0.481. The van der Waals surface area contributed by atoms with E-state index in [4.69, 9.17) is 0 Å². The molecule has 4 heteroatoms. The fourth-order valence-corrected chi connectivity index (χ4v) is 5.50. The summed E-state index contributed by atoms with van der Waals surface area (Å²) >= 11 is 0. The Morgan fingerprint density at radius 2 is 2.00 bits per heavy atom. The number of allylic oxidation sites excluding steroid dienone is 3. The highest BCUT2D eigenvalue weighted by atomic mass is 32.2. The molecule has 0 radical (unpaired) electrons. The lowest BCUT2D eigenvalue weighted by Crippen LogP contribution is -2.45. The fraction of sp³-hybridized carbons (Fsp3) is 0.400. The maximum Gasteiger partial charge on any atom is 0.244 e. The molecule has 0 aromatic heterocycles. The Hall–Kier alpha value is -1.81. The topological polar surface area (TPSA) is 37.4 Å². The van der Waals surface area contributed by atoms with Gasteiger partial charge in [-0.15, -0.1) is 0 Å². The highest BCUT2D eigenvalue weighted by Crippen LogP contribution is 2.41. The van der Waals surface area contributed by atoms with Gasteiger partial charge in [-0.3, -0.25) is 4.31 Å². The summed E-state index contributed by atoms with van der Waals surface area (Å²) in [6.45, 7) is 8.58. The number of benzene rings is 1. The quantitative estimate of drug-likeness (QED) is 0.762. The van der Waals surface area contributed by atoms with Gasteiger partial charge in [0, 0.05) is 12.7 Å². The van der Waals surface area contributed by atoms with Crippen molar-refractivity contribution >= 4 is 15.6 Å². The maximum absolute atomic E-state index is 13.3. The second-order valence-electron chi connectivity index (χ2n) is 7.04. The lowest BCUT2D eigenvalue weighted by atomic mass is 9.83. The molecule has 0 saturated heterocycles. The highest BCUT2D eigenvalue weighted by molar-refractivity contribution is 7.90. The van der Waals surface area contributed by atoms with Gasteiger partial charge in [0.05, 0.1) is 0 Å². The van der Waals surface area contributed by atoms with Crippen molar-refractivity contribution in [1.29, 1.82) is 0 Å². The number of hydrogen-bond donors (Lipinski definition) is 0. The van der Waals surface area contributed by atoms with Crippen LogP contribution in [0.15, 0.2) is 54.8 Å². The summed E-state index contributed by atoms with van der Waals surface area (Å²) in [5.74, 6) is 0. The first-order valence-corrected chi connectivity index (χ1v) is 9.90. The monoisotopic (exact) mass is 343 g/mol. The molecule has 0 bridgehead atoms. The molecule has 0 fully saturated rings. The van der Waals surface area contributed by atoms with Crippen molar-refractivity contribution in [2.45, 2.75) is 44.3 Å². The molecule has 1 aromatic carbocycles. The van der Waals surface area contributed by atoms with E-state index in [1.54, 1.807) is 6.20 Å². The smallest absolute Gasteiger partial charge is 0.244 e. The summed E-state index contributed by atoms with van der Waals surface area (Å²) in [7, 11) is -3.46. The molecule has 0 saturated carbocycles. The van der Waals surface area contributed by atoms with Crippen molar-refractivity contribution in [2.24, 2.45) is 0 Å². The first-order chi connectivity index (χ1) is 11.3. The van der Waals surface area contributed by atoms with E-state index in [0.29, 0.717) is 13.0 Å². The van der Waals surface area contributed by atoms with E-state index in [2.05, 4.69) is 25.6 Å². The predicted molar refractivity (Wildman–Crippen MR) is 99.9 cm³/mol. The molecule has 2 aliphatic rings. The van der Waals surface area contributed by atoms with Crippen LogP contribution in [0.2, 0.25) is 0 Å². The van der Waals surface area contributed by atoms with E-state index in [-0.39, 0.29) is 0 Å². The molecular weight excluding hydrogens is 318 g/mol. The normalized spacial score (nSPS) is 24.8. The number of hydrogen-bond acceptors (Lipinski definition) is 2. The van der Waals surface area contributed by atoms with Gasteiger partial charge in [-0.25, -0.2) is 8.42 Å². The van der Waals surface area contributed by atoms with Crippen LogP contribution in [0.3, 0.4) is 0 Å². The summed E-state index contributed by atoms with van der Waals surface area (Å²) in [6, 6.07) is 8.13. The standard InChI is InChI=1S/C20H25NO2S/c1-16-13-18(19-10-6-5-9-17(19)2)15-20(3,14-16)24(22,23)21-11-7-4-8-12-21/h5-7,9-11,15H,1,4,8,12-14H2,2-3H3. The van der Waals surface area contributed by atoms with Crippen molar-refractivity contribution in [3.05, 3.63) is 65.9 Å². The Morgan fingerprint density at radius 3 is 2.67 bits per heavy atom. The van der Waals surface area contributed by atoms with Gasteiger partial charge in [-0.1, -0.05) is 48.6 Å². The summed E-state index contributed by atoms with van der Waals surface area (Å²) in [4.78, 5) is 0. The summed E-state index contributed by atoms with van der Waals surface area (Å²) in [5, 5.41) is 0. The van der Waals surface area contributed by atoms with E-state index >= 15 is 0 Å². The van der Waals surface area contributed by atoms with Crippen molar-refractivity contribution < 1.29 is 8.42 Å². The predicted octanol–water partition coefficient (Wildman–Crippen LogP) is 4.43. The zero-order valence-electron chi connectivity index (χ0n) is 14.5. The summed E-state index contributed by atoms with van der Waals surface area (Å²) in [6.07, 6.45) is 8.67. The number of nitrogens with zero attached hydrogens (tertiary/aromatic N) is 1. The van der Waals surface area contributed by atoms with Crippen LogP contribution in [0, 0.1) is 6.92 Å². The van der Waals surface area contributed by atoms with E-state index in [1.807, 2.05) is 31.2 Å². The highest BCUT2D eigenvalue weighted by Gasteiger charge is 2.43. The Kier molecular flexibility index (Phi) is 4.43. The van der Waals surface area contributed by atoms with Crippen LogP contribution in [0.25, 0.3) is 5.57 Å². The van der Waals surface area contributed by atoms with Crippen LogP contribution in [-0.4, -0.2) is 24.0 Å². The summed E-state index contributed by atoms with van der Waals surface area (Å²) in [5.41, 5.74) is 4.32. The molecule has 3 nitrogen and oxygen atoms in total. The first kappa shape index (κ1) is 17.0. The second-order valence-corrected chi connectivity index (χ2v) is 9.40. The number of aryl methyl sites for hydroxylation is 1. The molecule has 1 aromatic rings. The average Bonchev–Trinajstić information content (AvgIpc) is 2.55. The SMILES string of the molecule is C=C1CC(c2ccccc2C)=CC(C)(S(=O)(=O)N2C=CCCC2)C1. The molecule has 0 N–H and O–H groups in total. The van der Waals surface area contributed by atoms with Gasteiger partial charge in [-0.05, 0) is 56.2 Å². The second kappa shape index (κ2) is 6.25. The van der Waals surface area contributed by atoms with Gasteiger partial charge in [-0.2, -0.15) is 0 Å². The largest absolute Gasteiger partial charge is 0.277 e. The number of sulfonamides is 1. The zero-order chi connectivity index (χ0) is 17.4. The van der Waals surface area contributed by atoms with E-state index in [9.17, 15) is 8.42 Å². The van der Waals surface area contributed by atoms with Crippen molar-refractivity contribution in [3.8, 4) is 0 Å². The molecule has 0 spiro atoms. The van der Waals surface area contributed by atoms with Crippen LogP contribution >= 0.6 is 0 Å². The van der Waals surface area contributed by atoms with Crippen molar-refractivity contribution in [1.82, 2.24) is 4.31 Å². The van der Waals surface area contributed by atoms with Gasteiger partial charge in [0.15, 0.2) is 0 Å². The van der Waals surface area contributed by atoms with E-state index in [1.165, 1.54) is 4.31 Å². The van der Waals surface area contributed by atoms with Crippen molar-refractivity contribution in [2.75, 3.05) is 6.54 Å². The van der Waals surface area contributed by atoms with Gasteiger partial charge in [0.1, 0.15) is 4.75 Å². The molecule has 3 rings (SSSR count). The van der Waals surface area contributed by atoms with E-state index < -0.39 is 14.8 Å². The lowest BCUT2D eigenvalue weighted by Gasteiger charge is -2.37. The van der Waals surface area contributed by atoms with Crippen LogP contribution in [0.4, 0.5) is 0 Å². The van der Waals surface area contributed by atoms with Gasteiger partial charge < -0.3 is 0 Å². The third kappa shape index (κ3) is 2.95. The van der Waals surface area contributed by atoms with Crippen LogP contribution < -0.4 is 0 Å². The Labute approximate surface area is 145 Å². The minimum Gasteiger partial charge on any atom is -0.277 e. The van der Waals surface area contributed by atoms with Gasteiger partial charge in [0.25, 0.3) is 0 Å². The lowest BCUT2D eigenvalue weighted by molar-refractivity contribution is 0.452. The first-order valence-electron chi connectivity index (χ1n) is 8.46. The zero-order valence-corrected chi connectivity index (χ0v) is 15.3. The fourth-order valence-electron chi connectivity index (χ4n) is 3.67. The van der Waals surface area contributed by atoms with Crippen LogP contribution in [0.5, 0.6) is 0 Å². The Morgan fingerprint density at radius 1 is 1.25 bits per heavy atom. The van der Waals surface area contributed by atoms with Crippen molar-refractivity contribution in [3.63, 3.8) is 0 Å². The van der Waals surface area contributed by atoms with Crippen LogP contribution in [-0.2, 0) is 10.0 Å². The molecule has 1 aliphatic heterocycles. The molecule has 1 unspecified atom stereocenters. The minimum atomic E-state index is -3.46. The molecule has 24 heavy (non-hydrogen) atoms. The Bertz CT molecular complexity index is 820. The van der Waals surface area contributed by atoms with Gasteiger partial charge >= 0.3 is 0 Å². The maximum atomic E-state index is 13.3. The number of rotatable bonds is 3. The molecule has 0 amide bonds. The Balaban J connectivity index is 2.07. The molecule has 1 heterocycles. The van der Waals surface area contributed by atoms with Gasteiger partial charge in [0.2, 0.25) is 10.0 Å². The molecule has 128 valence electrons. The van der Waals surface area contributed by atoms with E-state index in [0.717, 1.165) is 41.5 Å². The third-order valence-corrected chi connectivity index (χ3v) is 7.29. The average molecular weight is 343 g/mol. The third-order valence-electron chi connectivity index (χ3n) is 4.93. The molecule has 1 atom stereocenters. The summed E-state index contributed by atoms with van der Waals surface area (Å²) < 4.78 is 27.1. The van der Waals surface area contributed by atoms with Crippen LogP contribution in [0.1, 0.15) is 43.7 Å².